The number of rotatable bonds is 6. The Morgan fingerprint density at radius 2 is 1.93 bits per heavy atom. The van der Waals surface area contributed by atoms with Crippen LogP contribution in [0.1, 0.15) is 18.9 Å². The molecule has 28 heavy (non-hydrogen) atoms. The van der Waals surface area contributed by atoms with Gasteiger partial charge < -0.3 is 19.3 Å². The molecule has 1 aliphatic rings. The zero-order valence-corrected chi connectivity index (χ0v) is 16.8. The Kier molecular flexibility index (Phi) is 5.87. The van der Waals surface area contributed by atoms with Crippen molar-refractivity contribution in [2.75, 3.05) is 37.1 Å². The van der Waals surface area contributed by atoms with Crippen LogP contribution in [-0.2, 0) is 9.59 Å². The lowest BCUT2D eigenvalue weighted by atomic mass is 10.1. The Bertz CT molecular complexity index is 881. The first-order chi connectivity index (χ1) is 13.5. The third-order valence-corrected chi connectivity index (χ3v) is 5.14. The average Bonchev–Trinajstić information content (AvgIpc) is 3.10. The molecule has 1 fully saturated rings. The molecule has 1 atom stereocenters. The van der Waals surface area contributed by atoms with E-state index in [4.69, 9.17) is 9.47 Å². The Hall–Kier alpha value is -3.02. The number of aryl methyl sites for hydroxylation is 1. The van der Waals surface area contributed by atoms with Gasteiger partial charge in [0.25, 0.3) is 0 Å². The van der Waals surface area contributed by atoms with E-state index in [1.165, 1.54) is 0 Å². The summed E-state index contributed by atoms with van der Waals surface area (Å²) in [5.41, 5.74) is 2.55. The zero-order valence-electron chi connectivity index (χ0n) is 16.8. The molecule has 0 N–H and O–H groups in total. The molecule has 0 radical (unpaired) electrons. The van der Waals surface area contributed by atoms with Gasteiger partial charge in [-0.1, -0.05) is 18.2 Å². The highest BCUT2D eigenvalue weighted by atomic mass is 16.5. The number of amides is 2. The van der Waals surface area contributed by atoms with Gasteiger partial charge in [0.1, 0.15) is 11.5 Å². The smallest absolute Gasteiger partial charge is 0.232 e. The number of hydrogen-bond acceptors (Lipinski definition) is 4. The summed E-state index contributed by atoms with van der Waals surface area (Å²) in [6.45, 7) is 4.81. The summed E-state index contributed by atoms with van der Waals surface area (Å²) in [6.07, 6.45) is 0.182. The standard InChI is InChI=1S/C22H26N2O4/c1-5-23(18-9-7-6-8-15(18)2)22(26)16-12-21(25)24(14-16)19-13-17(27-3)10-11-20(19)28-4/h6-11,13,16H,5,12,14H2,1-4H3/t16-/m0/s1. The van der Waals surface area contributed by atoms with Gasteiger partial charge in [-0.2, -0.15) is 0 Å². The van der Waals surface area contributed by atoms with Gasteiger partial charge in [0.15, 0.2) is 0 Å². The van der Waals surface area contributed by atoms with Crippen LogP contribution >= 0.6 is 0 Å². The predicted octanol–water partition coefficient (Wildman–Crippen LogP) is 3.42. The molecule has 0 bridgehead atoms. The second kappa shape index (κ2) is 8.33. The fraction of sp³-hybridized carbons (Fsp3) is 0.364. The molecule has 2 aromatic carbocycles. The van der Waals surface area contributed by atoms with Gasteiger partial charge in [0.2, 0.25) is 11.8 Å². The fourth-order valence-corrected chi connectivity index (χ4v) is 3.65. The second-order valence-electron chi connectivity index (χ2n) is 6.81. The minimum atomic E-state index is -0.400. The highest BCUT2D eigenvalue weighted by Gasteiger charge is 2.38. The monoisotopic (exact) mass is 382 g/mol. The Morgan fingerprint density at radius 1 is 1.18 bits per heavy atom. The number of methoxy groups -OCH3 is 2. The molecule has 0 spiro atoms. The molecular formula is C22H26N2O4. The van der Waals surface area contributed by atoms with Crippen LogP contribution < -0.4 is 19.3 Å². The van der Waals surface area contributed by atoms with Gasteiger partial charge in [0.05, 0.1) is 25.8 Å². The lowest BCUT2D eigenvalue weighted by molar-refractivity contribution is -0.124. The molecule has 2 amide bonds. The SMILES string of the molecule is CCN(C(=O)[C@H]1CC(=O)N(c2cc(OC)ccc2OC)C1)c1ccccc1C. The van der Waals surface area contributed by atoms with E-state index in [1.807, 2.05) is 38.1 Å². The molecule has 6 heteroatoms. The summed E-state index contributed by atoms with van der Waals surface area (Å²) in [5.74, 6) is 0.685. The summed E-state index contributed by atoms with van der Waals surface area (Å²) in [4.78, 5) is 29.3. The number of para-hydroxylation sites is 1. The summed E-state index contributed by atoms with van der Waals surface area (Å²) in [6, 6.07) is 13.1. The number of nitrogens with zero attached hydrogens (tertiary/aromatic N) is 2. The number of ether oxygens (including phenoxy) is 2. The molecule has 1 saturated heterocycles. The molecule has 0 aliphatic carbocycles. The minimum absolute atomic E-state index is 0.0329. The first kappa shape index (κ1) is 19.7. The van der Waals surface area contributed by atoms with E-state index in [-0.39, 0.29) is 18.2 Å². The normalized spacial score (nSPS) is 16.2. The van der Waals surface area contributed by atoms with Crippen LogP contribution in [0.2, 0.25) is 0 Å². The molecule has 3 rings (SSSR count). The highest BCUT2D eigenvalue weighted by Crippen LogP contribution is 2.36. The number of benzene rings is 2. The van der Waals surface area contributed by atoms with Crippen LogP contribution in [0.15, 0.2) is 42.5 Å². The van der Waals surface area contributed by atoms with Crippen LogP contribution in [0.4, 0.5) is 11.4 Å². The van der Waals surface area contributed by atoms with Gasteiger partial charge >= 0.3 is 0 Å². The van der Waals surface area contributed by atoms with Crippen molar-refractivity contribution in [1.29, 1.82) is 0 Å². The molecule has 0 aromatic heterocycles. The van der Waals surface area contributed by atoms with Gasteiger partial charge in [0, 0.05) is 31.3 Å². The molecule has 2 aromatic rings. The van der Waals surface area contributed by atoms with Crippen LogP contribution in [0, 0.1) is 12.8 Å². The maximum Gasteiger partial charge on any atom is 0.232 e. The van der Waals surface area contributed by atoms with Gasteiger partial charge in [-0.3, -0.25) is 9.59 Å². The number of carbonyl (C=O) groups is 2. The molecule has 1 heterocycles. The summed E-state index contributed by atoms with van der Waals surface area (Å²) in [7, 11) is 3.14. The van der Waals surface area contributed by atoms with Crippen LogP contribution in [-0.4, -0.2) is 39.1 Å². The molecule has 1 aliphatic heterocycles. The number of carbonyl (C=O) groups excluding carboxylic acids is 2. The third-order valence-electron chi connectivity index (χ3n) is 5.14. The van der Waals surface area contributed by atoms with Crippen molar-refractivity contribution in [2.24, 2.45) is 5.92 Å². The van der Waals surface area contributed by atoms with E-state index < -0.39 is 5.92 Å². The first-order valence-corrected chi connectivity index (χ1v) is 9.39. The highest BCUT2D eigenvalue weighted by molar-refractivity contribution is 6.05. The van der Waals surface area contributed by atoms with E-state index in [9.17, 15) is 9.59 Å². The maximum atomic E-state index is 13.2. The van der Waals surface area contributed by atoms with Crippen molar-refractivity contribution in [2.45, 2.75) is 20.3 Å². The van der Waals surface area contributed by atoms with E-state index in [2.05, 4.69) is 0 Å². The number of hydrogen-bond donors (Lipinski definition) is 0. The van der Waals surface area contributed by atoms with Gasteiger partial charge in [-0.25, -0.2) is 0 Å². The van der Waals surface area contributed by atoms with Crippen LogP contribution in [0.5, 0.6) is 11.5 Å². The van der Waals surface area contributed by atoms with E-state index in [1.54, 1.807) is 42.2 Å². The topological polar surface area (TPSA) is 59.1 Å². The van der Waals surface area contributed by atoms with Crippen LogP contribution in [0.3, 0.4) is 0 Å². The average molecular weight is 382 g/mol. The molecule has 0 saturated carbocycles. The minimum Gasteiger partial charge on any atom is -0.497 e. The molecular weight excluding hydrogens is 356 g/mol. The summed E-state index contributed by atoms with van der Waals surface area (Å²) < 4.78 is 10.7. The lowest BCUT2D eigenvalue weighted by Gasteiger charge is -2.26. The van der Waals surface area contributed by atoms with Crippen molar-refractivity contribution in [1.82, 2.24) is 0 Å². The van der Waals surface area contributed by atoms with Crippen molar-refractivity contribution < 1.29 is 19.1 Å². The first-order valence-electron chi connectivity index (χ1n) is 9.39. The third kappa shape index (κ3) is 3.67. The van der Waals surface area contributed by atoms with E-state index in [0.717, 1.165) is 11.3 Å². The lowest BCUT2D eigenvalue weighted by Crippen LogP contribution is -2.38. The van der Waals surface area contributed by atoms with Crippen molar-refractivity contribution in [3.05, 3.63) is 48.0 Å². The summed E-state index contributed by atoms with van der Waals surface area (Å²) >= 11 is 0. The quantitative estimate of drug-likeness (QED) is 0.768. The van der Waals surface area contributed by atoms with E-state index >= 15 is 0 Å². The van der Waals surface area contributed by atoms with Gasteiger partial charge in [-0.05, 0) is 37.6 Å². The molecule has 6 nitrogen and oxygen atoms in total. The van der Waals surface area contributed by atoms with Crippen molar-refractivity contribution in [3.63, 3.8) is 0 Å². The maximum absolute atomic E-state index is 13.2. The molecule has 0 unspecified atom stereocenters. The predicted molar refractivity (Wildman–Crippen MR) is 109 cm³/mol. The second-order valence-corrected chi connectivity index (χ2v) is 6.81. The molecule has 148 valence electrons. The van der Waals surface area contributed by atoms with E-state index in [0.29, 0.717) is 30.3 Å². The van der Waals surface area contributed by atoms with Gasteiger partial charge in [-0.15, -0.1) is 0 Å². The Labute approximate surface area is 165 Å². The number of anilines is 2. The Balaban J connectivity index is 1.86. The summed E-state index contributed by atoms with van der Waals surface area (Å²) in [5, 5.41) is 0. The largest absolute Gasteiger partial charge is 0.497 e. The fourth-order valence-electron chi connectivity index (χ4n) is 3.65. The Morgan fingerprint density at radius 3 is 2.57 bits per heavy atom. The zero-order chi connectivity index (χ0) is 20.3. The van der Waals surface area contributed by atoms with Crippen LogP contribution in [0.25, 0.3) is 0 Å². The van der Waals surface area contributed by atoms with Crippen molar-refractivity contribution >= 4 is 23.2 Å². The van der Waals surface area contributed by atoms with Crippen molar-refractivity contribution in [3.8, 4) is 11.5 Å².